The molecule has 0 radical (unpaired) electrons. The van der Waals surface area contributed by atoms with Gasteiger partial charge in [-0.2, -0.15) is 11.8 Å². The van der Waals surface area contributed by atoms with Gasteiger partial charge in [0.2, 0.25) is 0 Å². The summed E-state index contributed by atoms with van der Waals surface area (Å²) in [4.78, 5) is 11.4. The Morgan fingerprint density at radius 2 is 2.20 bits per heavy atom. The first kappa shape index (κ1) is 12.6. The second-order valence-corrected chi connectivity index (χ2v) is 6.19. The number of hydrogen-bond donors (Lipinski definition) is 3. The van der Waals surface area contributed by atoms with Crippen LogP contribution in [-0.2, 0) is 0 Å². The summed E-state index contributed by atoms with van der Waals surface area (Å²) in [6, 6.07) is -0.215. The Bertz CT molecular complexity index is 232. The lowest BCUT2D eigenvalue weighted by Gasteiger charge is -2.25. The van der Waals surface area contributed by atoms with Gasteiger partial charge in [0.05, 0.1) is 5.60 Å². The quantitative estimate of drug-likeness (QED) is 0.664. The van der Waals surface area contributed by atoms with Crippen molar-refractivity contribution in [3.8, 4) is 0 Å². The molecule has 0 bridgehead atoms. The van der Waals surface area contributed by atoms with E-state index in [4.69, 9.17) is 0 Å². The van der Waals surface area contributed by atoms with Gasteiger partial charge in [-0.25, -0.2) is 4.79 Å². The first-order valence-electron chi connectivity index (χ1n) is 5.17. The molecular weight excluding hydrogens is 212 g/mol. The Morgan fingerprint density at radius 3 is 2.67 bits per heavy atom. The van der Waals surface area contributed by atoms with Crippen LogP contribution in [0, 0.1) is 0 Å². The van der Waals surface area contributed by atoms with Gasteiger partial charge in [-0.15, -0.1) is 0 Å². The molecule has 2 amide bonds. The molecule has 5 heteroatoms. The molecule has 0 aliphatic carbocycles. The average Bonchev–Trinajstić information content (AvgIpc) is 2.47. The number of thioether (sulfide) groups is 1. The number of rotatable bonds is 2. The van der Waals surface area contributed by atoms with Gasteiger partial charge >= 0.3 is 6.03 Å². The normalized spacial score (nSPS) is 26.4. The predicted octanol–water partition coefficient (Wildman–Crippen LogP) is 0.952. The maximum Gasteiger partial charge on any atom is 0.315 e. The summed E-state index contributed by atoms with van der Waals surface area (Å²) in [6.07, 6.45) is 0.757. The number of hydrogen-bond acceptors (Lipinski definition) is 3. The van der Waals surface area contributed by atoms with Gasteiger partial charge in [0.1, 0.15) is 0 Å². The van der Waals surface area contributed by atoms with Crippen molar-refractivity contribution in [2.45, 2.75) is 38.3 Å². The Labute approximate surface area is 95.2 Å². The third-order valence-corrected chi connectivity index (χ3v) is 3.38. The van der Waals surface area contributed by atoms with Gasteiger partial charge in [0.15, 0.2) is 0 Å². The van der Waals surface area contributed by atoms with Crippen molar-refractivity contribution in [3.05, 3.63) is 0 Å². The second kappa shape index (κ2) is 4.61. The first-order chi connectivity index (χ1) is 6.81. The lowest BCUT2D eigenvalue weighted by molar-refractivity contribution is 0.0697. The fourth-order valence-corrected chi connectivity index (χ4v) is 2.66. The van der Waals surface area contributed by atoms with Crippen molar-refractivity contribution in [2.24, 2.45) is 0 Å². The summed E-state index contributed by atoms with van der Waals surface area (Å²) in [6.45, 7) is 6.11. The highest BCUT2D eigenvalue weighted by molar-refractivity contribution is 7.99. The van der Waals surface area contributed by atoms with E-state index in [0.717, 1.165) is 12.2 Å². The Balaban J connectivity index is 2.28. The molecule has 0 aromatic rings. The third kappa shape index (κ3) is 4.75. The molecule has 4 nitrogen and oxygen atoms in total. The summed E-state index contributed by atoms with van der Waals surface area (Å²) in [5, 5.41) is 15.5. The summed E-state index contributed by atoms with van der Waals surface area (Å²) in [5.74, 6) is 1.68. The Morgan fingerprint density at radius 1 is 1.53 bits per heavy atom. The van der Waals surface area contributed by atoms with E-state index in [1.165, 1.54) is 0 Å². The van der Waals surface area contributed by atoms with Gasteiger partial charge in [-0.3, -0.25) is 0 Å². The number of carbonyl (C=O) groups excluding carboxylic acids is 1. The van der Waals surface area contributed by atoms with Crippen molar-refractivity contribution in [3.63, 3.8) is 0 Å². The highest BCUT2D eigenvalue weighted by Crippen LogP contribution is 2.26. The number of nitrogens with one attached hydrogen (secondary N) is 2. The summed E-state index contributed by atoms with van der Waals surface area (Å²) in [7, 11) is 0. The summed E-state index contributed by atoms with van der Waals surface area (Å²) in [5.41, 5.74) is -0.947. The van der Waals surface area contributed by atoms with Crippen molar-refractivity contribution in [1.29, 1.82) is 0 Å². The molecule has 0 saturated carbocycles. The maximum atomic E-state index is 11.4. The zero-order valence-electron chi connectivity index (χ0n) is 9.59. The van der Waals surface area contributed by atoms with Gasteiger partial charge in [-0.05, 0) is 32.9 Å². The van der Waals surface area contributed by atoms with Crippen LogP contribution < -0.4 is 10.6 Å². The molecule has 1 aliphatic heterocycles. The Kier molecular flexibility index (Phi) is 3.89. The van der Waals surface area contributed by atoms with Gasteiger partial charge in [0.25, 0.3) is 0 Å². The largest absolute Gasteiger partial charge is 0.387 e. The summed E-state index contributed by atoms with van der Waals surface area (Å²) < 4.78 is 0. The van der Waals surface area contributed by atoms with Crippen LogP contribution in [0.5, 0.6) is 0 Å². The first-order valence-corrected chi connectivity index (χ1v) is 6.32. The van der Waals surface area contributed by atoms with E-state index in [1.807, 2.05) is 20.8 Å². The lowest BCUT2D eigenvalue weighted by atomic mass is 10.0. The number of carbonyl (C=O) groups is 1. The van der Waals surface area contributed by atoms with Gasteiger partial charge in [0, 0.05) is 17.8 Å². The molecule has 1 aliphatic rings. The van der Waals surface area contributed by atoms with Crippen LogP contribution in [0.1, 0.15) is 27.2 Å². The van der Waals surface area contributed by atoms with E-state index in [0.29, 0.717) is 12.3 Å². The number of aliphatic hydroxyl groups is 1. The van der Waals surface area contributed by atoms with Crippen LogP contribution in [0.3, 0.4) is 0 Å². The van der Waals surface area contributed by atoms with Crippen LogP contribution in [-0.4, -0.2) is 40.3 Å². The fourth-order valence-electron chi connectivity index (χ4n) is 1.37. The molecule has 1 fully saturated rings. The van der Waals surface area contributed by atoms with Gasteiger partial charge < -0.3 is 15.7 Å². The second-order valence-electron chi connectivity index (χ2n) is 5.08. The van der Waals surface area contributed by atoms with Crippen LogP contribution in [0.4, 0.5) is 4.79 Å². The zero-order valence-corrected chi connectivity index (χ0v) is 10.4. The third-order valence-electron chi connectivity index (χ3n) is 2.15. The van der Waals surface area contributed by atoms with Crippen LogP contribution in [0.25, 0.3) is 0 Å². The highest BCUT2D eigenvalue weighted by Gasteiger charge is 2.32. The number of urea groups is 1. The van der Waals surface area contributed by atoms with Gasteiger partial charge in [-0.1, -0.05) is 0 Å². The van der Waals surface area contributed by atoms with E-state index >= 15 is 0 Å². The molecule has 15 heavy (non-hydrogen) atoms. The average molecular weight is 232 g/mol. The molecule has 88 valence electrons. The minimum atomic E-state index is -0.708. The predicted molar refractivity (Wildman–Crippen MR) is 63.2 cm³/mol. The molecule has 1 saturated heterocycles. The standard InChI is InChI=1S/C10H20N2O2S/c1-9(2,3)12-8(13)11-6-10(14)4-5-15-7-10/h14H,4-7H2,1-3H3,(H2,11,12,13). The SMILES string of the molecule is CC(C)(C)NC(=O)NCC1(O)CCSC1. The van der Waals surface area contributed by atoms with E-state index in [-0.39, 0.29) is 11.6 Å². The monoisotopic (exact) mass is 232 g/mol. The molecule has 1 rings (SSSR count). The summed E-state index contributed by atoms with van der Waals surface area (Å²) >= 11 is 1.72. The van der Waals surface area contributed by atoms with E-state index in [9.17, 15) is 9.90 Å². The molecule has 3 N–H and O–H groups in total. The molecule has 0 aromatic heterocycles. The molecule has 1 unspecified atom stereocenters. The lowest BCUT2D eigenvalue weighted by Crippen LogP contribution is -2.51. The van der Waals surface area contributed by atoms with Crippen LogP contribution in [0.2, 0.25) is 0 Å². The van der Waals surface area contributed by atoms with Crippen LogP contribution in [0.15, 0.2) is 0 Å². The van der Waals surface area contributed by atoms with E-state index in [2.05, 4.69) is 10.6 Å². The zero-order chi connectivity index (χ0) is 11.5. The topological polar surface area (TPSA) is 61.4 Å². The molecular formula is C10H20N2O2S. The minimum Gasteiger partial charge on any atom is -0.387 e. The van der Waals surface area contributed by atoms with E-state index in [1.54, 1.807) is 11.8 Å². The van der Waals surface area contributed by atoms with Crippen molar-refractivity contribution in [2.75, 3.05) is 18.1 Å². The van der Waals surface area contributed by atoms with E-state index < -0.39 is 5.60 Å². The minimum absolute atomic E-state index is 0.215. The smallest absolute Gasteiger partial charge is 0.315 e. The molecule has 0 spiro atoms. The van der Waals surface area contributed by atoms with Crippen LogP contribution >= 0.6 is 11.8 Å². The number of amides is 2. The fraction of sp³-hybridized carbons (Fsp3) is 0.900. The highest BCUT2D eigenvalue weighted by atomic mass is 32.2. The Hall–Kier alpha value is -0.420. The maximum absolute atomic E-state index is 11.4. The van der Waals surface area contributed by atoms with Crippen molar-refractivity contribution < 1.29 is 9.90 Å². The molecule has 1 heterocycles. The van der Waals surface area contributed by atoms with Crippen molar-refractivity contribution in [1.82, 2.24) is 10.6 Å². The molecule has 1 atom stereocenters. The molecule has 0 aromatic carbocycles. The van der Waals surface area contributed by atoms with Crippen molar-refractivity contribution >= 4 is 17.8 Å².